The predicted octanol–water partition coefficient (Wildman–Crippen LogP) is 5.09. The summed E-state index contributed by atoms with van der Waals surface area (Å²) in [7, 11) is 0. The molecule has 1 aromatic heterocycles. The van der Waals surface area contributed by atoms with E-state index in [1.807, 2.05) is 28.8 Å². The van der Waals surface area contributed by atoms with E-state index in [0.717, 1.165) is 23.9 Å². The maximum atomic E-state index is 11.4. The largest absolute Gasteiger partial charge is 0.477 e. The van der Waals surface area contributed by atoms with Crippen LogP contribution in [-0.2, 0) is 6.54 Å². The number of hydrogen-bond donors (Lipinski definition) is 1. The molecule has 3 heteroatoms. The average Bonchev–Trinajstić information content (AvgIpc) is 2.85. The summed E-state index contributed by atoms with van der Waals surface area (Å²) < 4.78 is 1.95. The Bertz CT molecular complexity index is 586. The number of rotatable bonds is 9. The fourth-order valence-electron chi connectivity index (χ4n) is 2.86. The van der Waals surface area contributed by atoms with Gasteiger partial charge >= 0.3 is 5.97 Å². The zero-order valence-electron chi connectivity index (χ0n) is 12.8. The van der Waals surface area contributed by atoms with Crippen molar-refractivity contribution in [2.75, 3.05) is 0 Å². The van der Waals surface area contributed by atoms with E-state index in [1.165, 1.54) is 38.5 Å². The Morgan fingerprint density at radius 1 is 1.05 bits per heavy atom. The van der Waals surface area contributed by atoms with E-state index in [9.17, 15) is 9.90 Å². The van der Waals surface area contributed by atoms with Gasteiger partial charge in [0.25, 0.3) is 0 Å². The molecule has 2 rings (SSSR count). The maximum Gasteiger partial charge on any atom is 0.352 e. The van der Waals surface area contributed by atoms with E-state index in [2.05, 4.69) is 6.92 Å². The van der Waals surface area contributed by atoms with E-state index in [-0.39, 0.29) is 0 Å². The Balaban J connectivity index is 1.94. The molecular weight excluding hydrogens is 262 g/mol. The van der Waals surface area contributed by atoms with Gasteiger partial charge < -0.3 is 9.67 Å². The number of hydrogen-bond acceptors (Lipinski definition) is 1. The minimum atomic E-state index is -0.839. The molecule has 114 valence electrons. The summed E-state index contributed by atoms with van der Waals surface area (Å²) >= 11 is 0. The lowest BCUT2D eigenvalue weighted by Gasteiger charge is -2.08. The Hall–Kier alpha value is -1.77. The van der Waals surface area contributed by atoms with Crippen LogP contribution in [0.1, 0.15) is 62.4 Å². The molecule has 1 N–H and O–H groups in total. The number of aromatic carboxylic acids is 1. The Kier molecular flexibility index (Phi) is 5.85. The number of carboxylic acids is 1. The van der Waals surface area contributed by atoms with Crippen molar-refractivity contribution < 1.29 is 9.90 Å². The molecule has 0 spiro atoms. The van der Waals surface area contributed by atoms with Crippen LogP contribution in [-0.4, -0.2) is 15.6 Å². The van der Waals surface area contributed by atoms with Crippen molar-refractivity contribution in [3.8, 4) is 0 Å². The number of carbonyl (C=O) groups is 1. The van der Waals surface area contributed by atoms with Gasteiger partial charge in [-0.3, -0.25) is 0 Å². The molecular formula is C18H25NO2. The van der Waals surface area contributed by atoms with Crippen LogP contribution in [0.25, 0.3) is 10.9 Å². The van der Waals surface area contributed by atoms with Crippen molar-refractivity contribution in [1.29, 1.82) is 0 Å². The third-order valence-corrected chi connectivity index (χ3v) is 4.01. The van der Waals surface area contributed by atoms with Gasteiger partial charge in [-0.2, -0.15) is 0 Å². The van der Waals surface area contributed by atoms with E-state index < -0.39 is 5.97 Å². The summed E-state index contributed by atoms with van der Waals surface area (Å²) in [4.78, 5) is 11.4. The molecule has 0 atom stereocenters. The summed E-state index contributed by atoms with van der Waals surface area (Å²) in [6.07, 6.45) is 8.69. The first-order valence-electron chi connectivity index (χ1n) is 8.05. The summed E-state index contributed by atoms with van der Waals surface area (Å²) in [6, 6.07) is 9.67. The molecule has 0 saturated carbocycles. The first-order chi connectivity index (χ1) is 10.2. The van der Waals surface area contributed by atoms with Gasteiger partial charge in [-0.05, 0) is 18.6 Å². The third kappa shape index (κ3) is 4.10. The summed E-state index contributed by atoms with van der Waals surface area (Å²) in [5.74, 6) is -0.839. The lowest BCUT2D eigenvalue weighted by molar-refractivity contribution is 0.0685. The zero-order valence-corrected chi connectivity index (χ0v) is 12.8. The fraction of sp³-hybridized carbons (Fsp3) is 0.500. The van der Waals surface area contributed by atoms with Crippen LogP contribution in [0, 0.1) is 0 Å². The van der Waals surface area contributed by atoms with Gasteiger partial charge in [0.1, 0.15) is 5.69 Å². The topological polar surface area (TPSA) is 42.2 Å². The summed E-state index contributed by atoms with van der Waals surface area (Å²) in [5.41, 5.74) is 1.43. The highest BCUT2D eigenvalue weighted by Gasteiger charge is 2.13. The van der Waals surface area contributed by atoms with Crippen molar-refractivity contribution in [3.05, 3.63) is 36.0 Å². The highest BCUT2D eigenvalue weighted by molar-refractivity contribution is 5.94. The SMILES string of the molecule is CCCCCCCCCn1c(C(=O)O)cc2ccccc21. The smallest absolute Gasteiger partial charge is 0.352 e. The lowest BCUT2D eigenvalue weighted by atomic mass is 10.1. The molecule has 1 aromatic carbocycles. The molecule has 0 aliphatic carbocycles. The van der Waals surface area contributed by atoms with Gasteiger partial charge in [-0.15, -0.1) is 0 Å². The molecule has 2 aromatic rings. The standard InChI is InChI=1S/C18H25NO2/c1-2-3-4-5-6-7-10-13-19-16-12-9-8-11-15(16)14-17(19)18(20)21/h8-9,11-12,14H,2-7,10,13H2,1H3,(H,20,21). The molecule has 1 heterocycles. The molecule has 21 heavy (non-hydrogen) atoms. The van der Waals surface area contributed by atoms with Gasteiger partial charge in [0.15, 0.2) is 0 Å². The molecule has 0 bridgehead atoms. The van der Waals surface area contributed by atoms with Crippen molar-refractivity contribution in [1.82, 2.24) is 4.57 Å². The van der Waals surface area contributed by atoms with Crippen molar-refractivity contribution in [2.24, 2.45) is 0 Å². The normalized spacial score (nSPS) is 11.1. The average molecular weight is 287 g/mol. The number of fused-ring (bicyclic) bond motifs is 1. The fourth-order valence-corrected chi connectivity index (χ4v) is 2.86. The Morgan fingerprint density at radius 3 is 2.43 bits per heavy atom. The maximum absolute atomic E-state index is 11.4. The van der Waals surface area contributed by atoms with Crippen molar-refractivity contribution in [2.45, 2.75) is 58.4 Å². The van der Waals surface area contributed by atoms with Gasteiger partial charge in [-0.25, -0.2) is 4.79 Å². The number of aromatic nitrogens is 1. The molecule has 0 fully saturated rings. The van der Waals surface area contributed by atoms with Crippen LogP contribution in [0.15, 0.2) is 30.3 Å². The van der Waals surface area contributed by atoms with Gasteiger partial charge in [-0.1, -0.05) is 63.6 Å². The van der Waals surface area contributed by atoms with Crippen LogP contribution >= 0.6 is 0 Å². The third-order valence-electron chi connectivity index (χ3n) is 4.01. The lowest BCUT2D eigenvalue weighted by Crippen LogP contribution is -2.08. The molecule has 3 nitrogen and oxygen atoms in total. The predicted molar refractivity (Wildman–Crippen MR) is 86.9 cm³/mol. The molecule has 0 saturated heterocycles. The molecule has 0 unspecified atom stereocenters. The molecule has 0 aliphatic rings. The van der Waals surface area contributed by atoms with Crippen molar-refractivity contribution in [3.63, 3.8) is 0 Å². The van der Waals surface area contributed by atoms with Gasteiger partial charge in [0.05, 0.1) is 0 Å². The summed E-state index contributed by atoms with van der Waals surface area (Å²) in [5, 5.41) is 10.4. The number of nitrogens with zero attached hydrogens (tertiary/aromatic N) is 1. The van der Waals surface area contributed by atoms with Crippen LogP contribution in [0.3, 0.4) is 0 Å². The number of para-hydroxylation sites is 1. The highest BCUT2D eigenvalue weighted by Crippen LogP contribution is 2.21. The Morgan fingerprint density at radius 2 is 1.71 bits per heavy atom. The number of unbranched alkanes of at least 4 members (excludes halogenated alkanes) is 6. The van der Waals surface area contributed by atoms with Gasteiger partial charge in [0, 0.05) is 17.4 Å². The van der Waals surface area contributed by atoms with E-state index in [4.69, 9.17) is 0 Å². The second-order valence-electron chi connectivity index (χ2n) is 5.67. The highest BCUT2D eigenvalue weighted by atomic mass is 16.4. The molecule has 0 amide bonds. The van der Waals surface area contributed by atoms with E-state index in [0.29, 0.717) is 5.69 Å². The summed E-state index contributed by atoms with van der Waals surface area (Å²) in [6.45, 7) is 3.02. The van der Waals surface area contributed by atoms with Gasteiger partial charge in [0.2, 0.25) is 0 Å². The number of benzene rings is 1. The van der Waals surface area contributed by atoms with E-state index in [1.54, 1.807) is 6.07 Å². The molecule has 0 aliphatic heterocycles. The van der Waals surface area contributed by atoms with Crippen LogP contribution in [0.2, 0.25) is 0 Å². The molecule has 0 radical (unpaired) electrons. The minimum Gasteiger partial charge on any atom is -0.477 e. The second-order valence-corrected chi connectivity index (χ2v) is 5.67. The number of carboxylic acid groups (broad SMARTS) is 1. The number of aryl methyl sites for hydroxylation is 1. The Labute approximate surface area is 126 Å². The first kappa shape index (κ1) is 15.6. The quantitative estimate of drug-likeness (QED) is 0.653. The second kappa shape index (κ2) is 7.87. The van der Waals surface area contributed by atoms with Crippen LogP contribution < -0.4 is 0 Å². The van der Waals surface area contributed by atoms with E-state index >= 15 is 0 Å². The minimum absolute atomic E-state index is 0.405. The van der Waals surface area contributed by atoms with Crippen LogP contribution in [0.5, 0.6) is 0 Å². The van der Waals surface area contributed by atoms with Crippen LogP contribution in [0.4, 0.5) is 0 Å². The van der Waals surface area contributed by atoms with Crippen molar-refractivity contribution >= 4 is 16.9 Å². The zero-order chi connectivity index (χ0) is 15.1. The monoisotopic (exact) mass is 287 g/mol. The first-order valence-corrected chi connectivity index (χ1v) is 8.05.